The van der Waals surface area contributed by atoms with E-state index < -0.39 is 0 Å². The topological polar surface area (TPSA) is 32.3 Å². The summed E-state index contributed by atoms with van der Waals surface area (Å²) in [5, 5.41) is 2.91. The van der Waals surface area contributed by atoms with Crippen molar-refractivity contribution in [2.24, 2.45) is 0 Å². The molecule has 4 heteroatoms. The van der Waals surface area contributed by atoms with Crippen LogP contribution in [0.2, 0.25) is 0 Å². The zero-order chi connectivity index (χ0) is 14.3. The normalized spacial score (nSPS) is 12.5. The van der Waals surface area contributed by atoms with Gasteiger partial charge in [0.2, 0.25) is 5.91 Å². The van der Waals surface area contributed by atoms with Crippen LogP contribution in [0.4, 0.5) is 4.39 Å². The molecular weight excluding hydrogens is 243 g/mol. The van der Waals surface area contributed by atoms with Gasteiger partial charge in [-0.15, -0.1) is 0 Å². The minimum Gasteiger partial charge on any atom is -0.354 e. The molecule has 0 spiro atoms. The van der Waals surface area contributed by atoms with Crippen molar-refractivity contribution in [1.29, 1.82) is 0 Å². The zero-order valence-electron chi connectivity index (χ0n) is 11.9. The third-order valence-corrected chi connectivity index (χ3v) is 3.11. The highest BCUT2D eigenvalue weighted by Gasteiger charge is 2.15. The summed E-state index contributed by atoms with van der Waals surface area (Å²) in [5.74, 6) is -0.188. The largest absolute Gasteiger partial charge is 0.354 e. The third-order valence-electron chi connectivity index (χ3n) is 3.11. The summed E-state index contributed by atoms with van der Waals surface area (Å²) < 4.78 is 13.3. The molecule has 0 aliphatic rings. The van der Waals surface area contributed by atoms with E-state index in [1.807, 2.05) is 25.1 Å². The van der Waals surface area contributed by atoms with Crippen molar-refractivity contribution in [2.45, 2.75) is 32.2 Å². The van der Waals surface area contributed by atoms with Crippen LogP contribution in [0.5, 0.6) is 0 Å². The summed E-state index contributed by atoms with van der Waals surface area (Å²) >= 11 is 0. The van der Waals surface area contributed by atoms with Gasteiger partial charge in [-0.3, -0.25) is 4.79 Å². The number of halogens is 1. The number of amides is 1. The smallest absolute Gasteiger partial charge is 0.220 e. The number of nitrogens with zero attached hydrogens (tertiary/aromatic N) is 1. The number of nitrogens with one attached hydrogen (secondary N) is 1. The monoisotopic (exact) mass is 266 g/mol. The van der Waals surface area contributed by atoms with Gasteiger partial charge < -0.3 is 10.2 Å². The summed E-state index contributed by atoms with van der Waals surface area (Å²) in [7, 11) is 3.85. The Bertz CT molecular complexity index is 407. The second-order valence-corrected chi connectivity index (χ2v) is 4.94. The molecule has 1 N–H and O–H groups in total. The number of unbranched alkanes of at least 4 members (excludes halogenated alkanes) is 1. The van der Waals surface area contributed by atoms with Crippen molar-refractivity contribution in [3.8, 4) is 0 Å². The maximum absolute atomic E-state index is 13.3. The van der Waals surface area contributed by atoms with Crippen LogP contribution < -0.4 is 5.32 Å². The molecule has 0 aliphatic heterocycles. The van der Waals surface area contributed by atoms with Gasteiger partial charge >= 0.3 is 0 Å². The fraction of sp³-hybridized carbons (Fsp3) is 0.533. The van der Waals surface area contributed by atoms with Gasteiger partial charge in [-0.05, 0) is 38.2 Å². The molecule has 1 aromatic carbocycles. The number of rotatable bonds is 7. The zero-order valence-corrected chi connectivity index (χ0v) is 11.9. The van der Waals surface area contributed by atoms with E-state index in [0.717, 1.165) is 18.4 Å². The first-order chi connectivity index (χ1) is 9.04. The van der Waals surface area contributed by atoms with Crippen LogP contribution in [0.1, 0.15) is 37.8 Å². The molecule has 0 fully saturated rings. The Kier molecular flexibility index (Phi) is 6.50. The molecule has 0 aromatic heterocycles. The van der Waals surface area contributed by atoms with E-state index in [2.05, 4.69) is 12.2 Å². The summed E-state index contributed by atoms with van der Waals surface area (Å²) in [6.07, 6.45) is 2.46. The maximum Gasteiger partial charge on any atom is 0.220 e. The van der Waals surface area contributed by atoms with Gasteiger partial charge in [0.1, 0.15) is 5.82 Å². The van der Waals surface area contributed by atoms with Crippen LogP contribution in [0.3, 0.4) is 0 Å². The van der Waals surface area contributed by atoms with Crippen molar-refractivity contribution in [3.05, 3.63) is 35.6 Å². The fourth-order valence-electron chi connectivity index (χ4n) is 1.95. The van der Waals surface area contributed by atoms with E-state index in [-0.39, 0.29) is 17.8 Å². The average Bonchev–Trinajstić information content (AvgIpc) is 2.36. The summed E-state index contributed by atoms with van der Waals surface area (Å²) in [6, 6.07) is 6.51. The van der Waals surface area contributed by atoms with Gasteiger partial charge in [-0.25, -0.2) is 4.39 Å². The minimum atomic E-state index is -0.248. The van der Waals surface area contributed by atoms with E-state index in [0.29, 0.717) is 13.0 Å². The molecule has 1 rings (SSSR count). The Morgan fingerprint density at radius 2 is 2.16 bits per heavy atom. The average molecular weight is 266 g/mol. The molecule has 1 amide bonds. The second-order valence-electron chi connectivity index (χ2n) is 4.94. The number of benzene rings is 1. The predicted molar refractivity (Wildman–Crippen MR) is 75.4 cm³/mol. The lowest BCUT2D eigenvalue weighted by molar-refractivity contribution is -0.121. The van der Waals surface area contributed by atoms with Crippen LogP contribution in [-0.4, -0.2) is 31.4 Å². The van der Waals surface area contributed by atoms with Gasteiger partial charge in [0.25, 0.3) is 0 Å². The van der Waals surface area contributed by atoms with E-state index in [1.54, 1.807) is 6.07 Å². The van der Waals surface area contributed by atoms with Gasteiger partial charge in [0.05, 0.1) is 6.04 Å². The Morgan fingerprint density at radius 1 is 1.42 bits per heavy atom. The molecule has 19 heavy (non-hydrogen) atoms. The quantitative estimate of drug-likeness (QED) is 0.823. The highest BCUT2D eigenvalue weighted by atomic mass is 19.1. The fourth-order valence-corrected chi connectivity index (χ4v) is 1.95. The highest BCUT2D eigenvalue weighted by molar-refractivity contribution is 5.75. The summed E-state index contributed by atoms with van der Waals surface area (Å²) in [6.45, 7) is 2.56. The van der Waals surface area contributed by atoms with Crippen molar-refractivity contribution >= 4 is 5.91 Å². The van der Waals surface area contributed by atoms with Gasteiger partial charge in [-0.2, -0.15) is 0 Å². The number of carbonyl (C=O) groups is 1. The lowest BCUT2D eigenvalue weighted by atomic mass is 10.1. The van der Waals surface area contributed by atoms with E-state index in [4.69, 9.17) is 0 Å². The molecule has 0 heterocycles. The van der Waals surface area contributed by atoms with E-state index in [1.165, 1.54) is 12.1 Å². The van der Waals surface area contributed by atoms with Gasteiger partial charge in [0, 0.05) is 13.0 Å². The van der Waals surface area contributed by atoms with Crippen molar-refractivity contribution in [1.82, 2.24) is 10.2 Å². The summed E-state index contributed by atoms with van der Waals surface area (Å²) in [4.78, 5) is 13.6. The molecule has 0 radical (unpaired) electrons. The Balaban J connectivity index is 2.61. The maximum atomic E-state index is 13.3. The molecule has 0 saturated carbocycles. The molecule has 3 nitrogen and oxygen atoms in total. The molecule has 1 atom stereocenters. The number of likely N-dealkylation sites (N-methyl/N-ethyl adjacent to an activating group) is 1. The molecule has 106 valence electrons. The van der Waals surface area contributed by atoms with Crippen LogP contribution in [0.15, 0.2) is 24.3 Å². The standard InChI is InChI=1S/C15H23FN2O/c1-4-5-9-15(19)17-11-14(18(2)3)12-7-6-8-13(16)10-12/h6-8,10,14H,4-5,9,11H2,1-3H3,(H,17,19). The summed E-state index contributed by atoms with van der Waals surface area (Å²) in [5.41, 5.74) is 0.876. The SMILES string of the molecule is CCCCC(=O)NCC(c1cccc(F)c1)N(C)C. The number of carbonyl (C=O) groups excluding carboxylic acids is 1. The molecular formula is C15H23FN2O. The van der Waals surface area contributed by atoms with E-state index in [9.17, 15) is 9.18 Å². The van der Waals surface area contributed by atoms with Crippen molar-refractivity contribution < 1.29 is 9.18 Å². The van der Waals surface area contributed by atoms with Crippen LogP contribution in [-0.2, 0) is 4.79 Å². The number of hydrogen-bond acceptors (Lipinski definition) is 2. The minimum absolute atomic E-state index is 0.0127. The first kappa shape index (κ1) is 15.6. The second kappa shape index (κ2) is 7.89. The molecule has 0 saturated heterocycles. The highest BCUT2D eigenvalue weighted by Crippen LogP contribution is 2.18. The van der Waals surface area contributed by atoms with Gasteiger partial charge in [-0.1, -0.05) is 25.5 Å². The Hall–Kier alpha value is -1.42. The van der Waals surface area contributed by atoms with Crippen LogP contribution in [0, 0.1) is 5.82 Å². The molecule has 0 aliphatic carbocycles. The van der Waals surface area contributed by atoms with E-state index >= 15 is 0 Å². The Labute approximate surface area is 114 Å². The van der Waals surface area contributed by atoms with Crippen LogP contribution in [0.25, 0.3) is 0 Å². The number of hydrogen-bond donors (Lipinski definition) is 1. The Morgan fingerprint density at radius 3 is 2.74 bits per heavy atom. The lowest BCUT2D eigenvalue weighted by Crippen LogP contribution is -2.34. The van der Waals surface area contributed by atoms with Crippen molar-refractivity contribution in [2.75, 3.05) is 20.6 Å². The lowest BCUT2D eigenvalue weighted by Gasteiger charge is -2.25. The first-order valence-corrected chi connectivity index (χ1v) is 6.73. The molecule has 1 unspecified atom stereocenters. The first-order valence-electron chi connectivity index (χ1n) is 6.73. The van der Waals surface area contributed by atoms with Crippen molar-refractivity contribution in [3.63, 3.8) is 0 Å². The third kappa shape index (κ3) is 5.39. The predicted octanol–water partition coefficient (Wildman–Crippen LogP) is 2.73. The molecule has 1 aromatic rings. The van der Waals surface area contributed by atoms with Crippen LogP contribution >= 0.6 is 0 Å². The molecule has 0 bridgehead atoms. The van der Waals surface area contributed by atoms with Gasteiger partial charge in [0.15, 0.2) is 0 Å².